The zero-order chi connectivity index (χ0) is 80.4. The molecule has 0 aliphatic heterocycles. The van der Waals surface area contributed by atoms with Crippen LogP contribution in [0.2, 0.25) is 0 Å². The highest BCUT2D eigenvalue weighted by molar-refractivity contribution is 5.77. The summed E-state index contributed by atoms with van der Waals surface area (Å²) in [6, 6.07) is 7.80. The number of hydrogen-bond donors (Lipinski definition) is 3. The van der Waals surface area contributed by atoms with E-state index in [2.05, 4.69) is 46.3 Å². The minimum Gasteiger partial charge on any atom is -0.507 e. The van der Waals surface area contributed by atoms with Gasteiger partial charge in [-0.3, -0.25) is 19.2 Å². The van der Waals surface area contributed by atoms with Crippen LogP contribution >= 0.6 is 0 Å². The molecule has 0 fully saturated rings. The minimum absolute atomic E-state index is 0.0508. The Kier molecular flexibility index (Phi) is 32.1. The van der Waals surface area contributed by atoms with Gasteiger partial charge < -0.3 is 34.3 Å². The first kappa shape index (κ1) is 94.8. The van der Waals surface area contributed by atoms with E-state index in [-0.39, 0.29) is 72.7 Å². The van der Waals surface area contributed by atoms with Gasteiger partial charge in [0, 0.05) is 12.0 Å². The number of phenols is 2. The highest BCUT2D eigenvalue weighted by Gasteiger charge is 2.90. The molecule has 3 N–H and O–H groups in total. The molecule has 0 aliphatic carbocycles. The van der Waals surface area contributed by atoms with E-state index in [9.17, 15) is 114 Å². The van der Waals surface area contributed by atoms with E-state index in [1.807, 2.05) is 93.5 Å². The number of aliphatic hydroxyl groups excluding tert-OH is 1. The molecule has 0 spiro atoms. The Morgan fingerprint density at radius 1 is 0.406 bits per heavy atom. The van der Waals surface area contributed by atoms with Crippen LogP contribution in [0.1, 0.15) is 244 Å². The summed E-state index contributed by atoms with van der Waals surface area (Å²) < 4.78 is 253. The molecule has 0 saturated heterocycles. The number of rotatable bonds is 24. The maximum atomic E-state index is 13.5. The SMILES string of the molecule is CCC(C)(C)C(=O)OCC(O)COC(=O)CCc1cc(C(C)(C)C)c(O)c(C(C)(C)C)c1.CCC(C)(C)C(=O)OCCC(F)(F)C(F)(F)C(F)(F)C(F)(F)C(F)(F)C(F)(F)F.CCC(C)(C)C(=O)OCc1cc(C(C)(C)C)c(O)c(C(C)(C)C)c1.CCC(C)(C)c1c(F)c(F)c(F)c(F)c1F. The first-order valence-electron chi connectivity index (χ1n) is 32.4. The number of alkyl halides is 13. The largest absolute Gasteiger partial charge is 0.507 e. The summed E-state index contributed by atoms with van der Waals surface area (Å²) in [5.41, 5.74) is 0.192. The quantitative estimate of drug-likeness (QED) is 0.0257. The summed E-state index contributed by atoms with van der Waals surface area (Å²) in [6.07, 6.45) is -8.80. The number of carbonyl (C=O) groups excluding carboxylic acids is 4. The molecular weight excluding hydrogens is 1380 g/mol. The number of ether oxygens (including phenoxy) is 4. The molecule has 582 valence electrons. The summed E-state index contributed by atoms with van der Waals surface area (Å²) in [5, 5.41) is 31.5. The van der Waals surface area contributed by atoms with Gasteiger partial charge in [-0.15, -0.1) is 0 Å². The lowest BCUT2D eigenvalue weighted by molar-refractivity contribution is -0.440. The predicted molar refractivity (Wildman–Crippen MR) is 345 cm³/mol. The zero-order valence-corrected chi connectivity index (χ0v) is 62.1. The van der Waals surface area contributed by atoms with Crippen molar-refractivity contribution in [2.75, 3.05) is 19.8 Å². The molecule has 101 heavy (non-hydrogen) atoms. The molecule has 0 heterocycles. The number of esters is 4. The molecule has 0 aliphatic rings. The smallest absolute Gasteiger partial charge is 0.460 e. The fourth-order valence-electron chi connectivity index (χ4n) is 8.41. The van der Waals surface area contributed by atoms with Crippen LogP contribution in [0, 0.1) is 45.3 Å². The molecule has 0 aromatic heterocycles. The summed E-state index contributed by atoms with van der Waals surface area (Å²) in [7, 11) is 0. The standard InChI is InChI=1S/C26H42O6.C21H34O3.C14H15F13O2.C11H11F5/c1-10-26(8,9)23(30)32-16-18(27)15-31-21(28)12-11-17-13-19(24(2,3)4)22(29)20(14-17)25(5,6)7;1-10-21(8,9)18(23)24-13-14-11-15(19(2,3)4)17(22)16(12-14)20(5,6)7;1-4-8(2,3)7(28)29-6-5-9(15,16)10(17,18)11(19,20)12(21,22)13(23,24)14(25,26)27;1-4-11(2,3)5-6(12)8(14)10(16)9(15)7(5)13/h13-14,18,27,29H,10-12,15-16H2,1-9H3;11-12,22H,10,13H2,1-9H3;4-6H2,1-3H3;4H2,1-3H3. The molecule has 3 aromatic rings. The maximum absolute atomic E-state index is 13.5. The van der Waals surface area contributed by atoms with Gasteiger partial charge in [0.05, 0.1) is 29.3 Å². The van der Waals surface area contributed by atoms with E-state index in [0.29, 0.717) is 24.3 Å². The third-order valence-electron chi connectivity index (χ3n) is 17.1. The summed E-state index contributed by atoms with van der Waals surface area (Å²) >= 11 is 0. The molecule has 0 bridgehead atoms. The van der Waals surface area contributed by atoms with Crippen LogP contribution in [0.3, 0.4) is 0 Å². The Bertz CT molecular complexity index is 3190. The first-order valence-corrected chi connectivity index (χ1v) is 32.4. The molecule has 0 amide bonds. The van der Waals surface area contributed by atoms with Crippen LogP contribution in [0.4, 0.5) is 79.0 Å². The Labute approximate surface area is 581 Å². The van der Waals surface area contributed by atoms with Gasteiger partial charge in [0.2, 0.25) is 5.82 Å². The van der Waals surface area contributed by atoms with Gasteiger partial charge in [0.15, 0.2) is 23.3 Å². The van der Waals surface area contributed by atoms with Crippen LogP contribution in [0.5, 0.6) is 11.5 Å². The van der Waals surface area contributed by atoms with Gasteiger partial charge >= 0.3 is 59.7 Å². The lowest BCUT2D eigenvalue weighted by Gasteiger charge is -2.39. The maximum Gasteiger partial charge on any atom is 0.460 e. The number of phenolic OH excluding ortho intramolecular Hbond substituents is 2. The van der Waals surface area contributed by atoms with Gasteiger partial charge in [-0.25, -0.2) is 22.0 Å². The van der Waals surface area contributed by atoms with Gasteiger partial charge in [0.25, 0.3) is 0 Å². The highest BCUT2D eigenvalue weighted by Crippen LogP contribution is 2.61. The Morgan fingerprint density at radius 2 is 0.713 bits per heavy atom. The summed E-state index contributed by atoms with van der Waals surface area (Å²) in [6.45, 7) is 42.3. The van der Waals surface area contributed by atoms with E-state index >= 15 is 0 Å². The molecule has 1 atom stereocenters. The molecular formula is C72H102F18O11. The van der Waals surface area contributed by atoms with E-state index < -0.39 is 123 Å². The molecule has 29 heteroatoms. The van der Waals surface area contributed by atoms with Crippen LogP contribution in [-0.4, -0.2) is 101 Å². The highest BCUT2D eigenvalue weighted by atomic mass is 19.4. The van der Waals surface area contributed by atoms with Crippen molar-refractivity contribution in [2.24, 2.45) is 16.2 Å². The third kappa shape index (κ3) is 23.9. The van der Waals surface area contributed by atoms with Crippen molar-refractivity contribution < 1.29 is 132 Å². The van der Waals surface area contributed by atoms with Crippen molar-refractivity contribution in [3.8, 4) is 11.5 Å². The minimum atomic E-state index is -7.94. The van der Waals surface area contributed by atoms with E-state index in [0.717, 1.165) is 39.8 Å². The number of aliphatic hydroxyl groups is 1. The number of carbonyl (C=O) groups is 4. The van der Waals surface area contributed by atoms with E-state index in [4.69, 9.17) is 14.2 Å². The summed E-state index contributed by atoms with van der Waals surface area (Å²) in [4.78, 5) is 47.9. The van der Waals surface area contributed by atoms with Crippen molar-refractivity contribution in [1.82, 2.24) is 0 Å². The second-order valence-electron chi connectivity index (χ2n) is 31.4. The first-order chi connectivity index (χ1) is 44.9. The van der Waals surface area contributed by atoms with E-state index in [1.165, 1.54) is 34.6 Å². The second kappa shape index (κ2) is 34.2. The molecule has 3 aromatic carbocycles. The van der Waals surface area contributed by atoms with Crippen molar-refractivity contribution in [3.63, 3.8) is 0 Å². The Balaban J connectivity index is 0.00000135. The van der Waals surface area contributed by atoms with Crippen molar-refractivity contribution in [3.05, 3.63) is 92.3 Å². The van der Waals surface area contributed by atoms with Gasteiger partial charge in [-0.05, 0) is 146 Å². The molecule has 1 unspecified atom stereocenters. The fourth-order valence-corrected chi connectivity index (χ4v) is 8.41. The lowest BCUT2D eigenvalue weighted by atomic mass is 9.78. The van der Waals surface area contributed by atoms with E-state index in [1.54, 1.807) is 20.8 Å². The average molecular weight is 1490 g/mol. The Hall–Kier alpha value is -6.16. The molecule has 3 rings (SSSR count). The second-order valence-corrected chi connectivity index (χ2v) is 31.4. The molecule has 0 saturated carbocycles. The Morgan fingerprint density at radius 3 is 1.04 bits per heavy atom. The average Bonchev–Trinajstić information content (AvgIpc) is 0.711. The number of halogens is 18. The number of aromatic hydroxyl groups is 2. The predicted octanol–water partition coefficient (Wildman–Crippen LogP) is 20.4. The van der Waals surface area contributed by atoms with Crippen LogP contribution < -0.4 is 0 Å². The summed E-state index contributed by atoms with van der Waals surface area (Å²) in [5.74, 6) is -48.2. The number of aryl methyl sites for hydroxylation is 1. The molecule has 11 nitrogen and oxygen atoms in total. The van der Waals surface area contributed by atoms with Crippen LogP contribution in [-0.2, 0) is 78.2 Å². The normalized spacial score (nSPS) is 13.7. The van der Waals surface area contributed by atoms with Crippen molar-refractivity contribution >= 4 is 23.9 Å². The zero-order valence-electron chi connectivity index (χ0n) is 62.1. The van der Waals surface area contributed by atoms with Crippen LogP contribution in [0.25, 0.3) is 0 Å². The molecule has 0 radical (unpaired) electrons. The lowest BCUT2D eigenvalue weighted by Crippen LogP contribution is -2.70. The van der Waals surface area contributed by atoms with Gasteiger partial charge in [-0.2, -0.15) is 57.1 Å². The number of hydrogen-bond acceptors (Lipinski definition) is 11. The van der Waals surface area contributed by atoms with Gasteiger partial charge in [-0.1, -0.05) is 137 Å². The fraction of sp³-hybridized carbons (Fsp3) is 0.694. The van der Waals surface area contributed by atoms with Gasteiger partial charge in [0.1, 0.15) is 37.4 Å². The van der Waals surface area contributed by atoms with Crippen molar-refractivity contribution in [1.29, 1.82) is 0 Å². The van der Waals surface area contributed by atoms with Crippen molar-refractivity contribution in [2.45, 2.75) is 287 Å². The topological polar surface area (TPSA) is 166 Å². The number of benzene rings is 3. The third-order valence-corrected chi connectivity index (χ3v) is 17.1. The van der Waals surface area contributed by atoms with Crippen LogP contribution in [0.15, 0.2) is 24.3 Å². The monoisotopic (exact) mass is 1480 g/mol.